The normalized spacial score (nSPS) is 19.6. The largest absolute Gasteiger partial charge is 0.353 e. The number of nitrogens with zero attached hydrogens (tertiary/aromatic N) is 2. The lowest BCUT2D eigenvalue weighted by Crippen LogP contribution is -2.59. The molecule has 0 aliphatic carbocycles. The summed E-state index contributed by atoms with van der Waals surface area (Å²) in [7, 11) is 0. The van der Waals surface area contributed by atoms with Gasteiger partial charge in [-0.05, 0) is 5.92 Å². The molecule has 1 atom stereocenters. The Kier molecular flexibility index (Phi) is 4.42. The van der Waals surface area contributed by atoms with E-state index in [0.29, 0.717) is 24.7 Å². The molecule has 6 heteroatoms. The number of amides is 2. The molecule has 110 valence electrons. The second-order valence-electron chi connectivity index (χ2n) is 5.70. The lowest BCUT2D eigenvalue weighted by atomic mass is 9.99. The number of thiazole rings is 1. The Hall–Kier alpha value is -1.43. The third-order valence-corrected chi connectivity index (χ3v) is 4.53. The van der Waals surface area contributed by atoms with Crippen LogP contribution in [0.25, 0.3) is 0 Å². The Bertz CT molecular complexity index is 510. The third-order valence-electron chi connectivity index (χ3n) is 3.38. The van der Waals surface area contributed by atoms with Gasteiger partial charge in [-0.1, -0.05) is 27.7 Å². The van der Waals surface area contributed by atoms with Gasteiger partial charge in [0.25, 0.3) is 5.91 Å². The maximum Gasteiger partial charge on any atom is 0.274 e. The van der Waals surface area contributed by atoms with Gasteiger partial charge in [0, 0.05) is 24.4 Å². The lowest BCUT2D eigenvalue weighted by Gasteiger charge is -2.36. The summed E-state index contributed by atoms with van der Waals surface area (Å²) in [6.07, 6.45) is 0. The summed E-state index contributed by atoms with van der Waals surface area (Å²) in [5, 5.41) is 5.57. The van der Waals surface area contributed by atoms with Gasteiger partial charge in [-0.25, -0.2) is 4.98 Å². The molecule has 0 saturated carbocycles. The smallest absolute Gasteiger partial charge is 0.274 e. The molecule has 1 aliphatic heterocycles. The fraction of sp³-hybridized carbons (Fsp3) is 0.643. The molecule has 2 amide bonds. The molecule has 5 nitrogen and oxygen atoms in total. The van der Waals surface area contributed by atoms with Crippen LogP contribution in [0.1, 0.15) is 49.1 Å². The highest BCUT2D eigenvalue weighted by molar-refractivity contribution is 7.09. The quantitative estimate of drug-likeness (QED) is 0.926. The van der Waals surface area contributed by atoms with Crippen molar-refractivity contribution in [2.45, 2.75) is 39.7 Å². The molecule has 0 bridgehead atoms. The zero-order chi connectivity index (χ0) is 14.9. The molecule has 0 aromatic carbocycles. The molecule has 1 unspecified atom stereocenters. The Morgan fingerprint density at radius 2 is 2.15 bits per heavy atom. The van der Waals surface area contributed by atoms with Gasteiger partial charge in [0.05, 0.1) is 5.01 Å². The van der Waals surface area contributed by atoms with E-state index in [2.05, 4.69) is 24.1 Å². The van der Waals surface area contributed by atoms with Crippen molar-refractivity contribution in [1.29, 1.82) is 0 Å². The fourth-order valence-corrected chi connectivity index (χ4v) is 3.18. The van der Waals surface area contributed by atoms with Crippen LogP contribution in [0.15, 0.2) is 5.38 Å². The van der Waals surface area contributed by atoms with E-state index in [4.69, 9.17) is 0 Å². The van der Waals surface area contributed by atoms with E-state index in [1.54, 1.807) is 10.3 Å². The monoisotopic (exact) mass is 295 g/mol. The highest BCUT2D eigenvalue weighted by atomic mass is 32.1. The predicted octanol–water partition coefficient (Wildman–Crippen LogP) is 1.86. The summed E-state index contributed by atoms with van der Waals surface area (Å²) in [5.74, 6) is 0.190. The number of piperazine rings is 1. The van der Waals surface area contributed by atoms with Gasteiger partial charge >= 0.3 is 0 Å². The van der Waals surface area contributed by atoms with E-state index in [-0.39, 0.29) is 17.7 Å². The maximum atomic E-state index is 12.6. The van der Waals surface area contributed by atoms with Gasteiger partial charge in [-0.15, -0.1) is 11.3 Å². The van der Waals surface area contributed by atoms with E-state index in [0.717, 1.165) is 5.01 Å². The van der Waals surface area contributed by atoms with Gasteiger partial charge in [0.15, 0.2) is 0 Å². The van der Waals surface area contributed by atoms with Crippen LogP contribution in [0.5, 0.6) is 0 Å². The van der Waals surface area contributed by atoms with Crippen LogP contribution in [-0.2, 0) is 4.79 Å². The summed E-state index contributed by atoms with van der Waals surface area (Å²) < 4.78 is 0. The van der Waals surface area contributed by atoms with Crippen LogP contribution in [0.2, 0.25) is 0 Å². The molecule has 1 aromatic heterocycles. The summed E-state index contributed by atoms with van der Waals surface area (Å²) >= 11 is 1.50. The van der Waals surface area contributed by atoms with Gasteiger partial charge < -0.3 is 10.2 Å². The van der Waals surface area contributed by atoms with Crippen LogP contribution >= 0.6 is 11.3 Å². The Labute approximate surface area is 123 Å². The number of rotatable bonds is 3. The van der Waals surface area contributed by atoms with Crippen molar-refractivity contribution < 1.29 is 9.59 Å². The summed E-state index contributed by atoms with van der Waals surface area (Å²) in [6.45, 7) is 9.07. The average Bonchev–Trinajstić information content (AvgIpc) is 2.86. The molecular weight excluding hydrogens is 274 g/mol. The molecule has 1 saturated heterocycles. The Morgan fingerprint density at radius 1 is 1.45 bits per heavy atom. The van der Waals surface area contributed by atoms with Crippen molar-refractivity contribution in [3.05, 3.63) is 16.1 Å². The topological polar surface area (TPSA) is 62.3 Å². The van der Waals surface area contributed by atoms with E-state index < -0.39 is 6.04 Å². The first-order chi connectivity index (χ1) is 9.41. The van der Waals surface area contributed by atoms with Crippen molar-refractivity contribution in [3.8, 4) is 0 Å². The second-order valence-corrected chi connectivity index (χ2v) is 6.59. The van der Waals surface area contributed by atoms with Gasteiger partial charge in [-0.2, -0.15) is 0 Å². The van der Waals surface area contributed by atoms with Crippen LogP contribution < -0.4 is 5.32 Å². The summed E-state index contributed by atoms with van der Waals surface area (Å²) in [4.78, 5) is 30.6. The first kappa shape index (κ1) is 15.0. The Morgan fingerprint density at radius 3 is 2.70 bits per heavy atom. The van der Waals surface area contributed by atoms with Gasteiger partial charge in [0.1, 0.15) is 11.7 Å². The first-order valence-corrected chi connectivity index (χ1v) is 7.84. The molecule has 0 radical (unpaired) electrons. The number of carbonyl (C=O) groups excluding carboxylic acids is 2. The average molecular weight is 295 g/mol. The van der Waals surface area contributed by atoms with Crippen molar-refractivity contribution in [2.75, 3.05) is 13.1 Å². The van der Waals surface area contributed by atoms with E-state index in [9.17, 15) is 9.59 Å². The van der Waals surface area contributed by atoms with Gasteiger partial charge in [-0.3, -0.25) is 9.59 Å². The number of nitrogens with one attached hydrogen (secondary N) is 1. The van der Waals surface area contributed by atoms with E-state index in [1.807, 2.05) is 13.8 Å². The molecule has 1 aliphatic rings. The lowest BCUT2D eigenvalue weighted by molar-refractivity contribution is -0.129. The van der Waals surface area contributed by atoms with E-state index in [1.165, 1.54) is 11.3 Å². The van der Waals surface area contributed by atoms with Crippen LogP contribution in [-0.4, -0.2) is 40.8 Å². The van der Waals surface area contributed by atoms with Crippen molar-refractivity contribution >= 4 is 23.2 Å². The van der Waals surface area contributed by atoms with Crippen molar-refractivity contribution in [1.82, 2.24) is 15.2 Å². The third kappa shape index (κ3) is 2.85. The minimum atomic E-state index is -0.402. The predicted molar refractivity (Wildman–Crippen MR) is 78.9 cm³/mol. The number of carbonyl (C=O) groups is 2. The summed E-state index contributed by atoms with van der Waals surface area (Å²) in [6, 6.07) is -0.402. The molecule has 1 N–H and O–H groups in total. The van der Waals surface area contributed by atoms with Crippen molar-refractivity contribution in [3.63, 3.8) is 0 Å². The van der Waals surface area contributed by atoms with Crippen LogP contribution in [0, 0.1) is 5.92 Å². The first-order valence-electron chi connectivity index (χ1n) is 6.96. The fourth-order valence-electron chi connectivity index (χ4n) is 2.37. The van der Waals surface area contributed by atoms with E-state index >= 15 is 0 Å². The molecule has 2 rings (SSSR count). The molecule has 0 spiro atoms. The zero-order valence-electron chi connectivity index (χ0n) is 12.3. The molecule has 1 aromatic rings. The second kappa shape index (κ2) is 5.91. The number of hydrogen-bond donors (Lipinski definition) is 1. The molecule has 1 fully saturated rings. The highest BCUT2D eigenvalue weighted by Crippen LogP contribution is 2.22. The van der Waals surface area contributed by atoms with Crippen LogP contribution in [0.4, 0.5) is 0 Å². The zero-order valence-corrected chi connectivity index (χ0v) is 13.2. The molecule has 20 heavy (non-hydrogen) atoms. The maximum absolute atomic E-state index is 12.6. The number of hydrogen-bond acceptors (Lipinski definition) is 4. The molecule has 2 heterocycles. The van der Waals surface area contributed by atoms with Crippen molar-refractivity contribution in [2.24, 2.45) is 5.92 Å². The minimum absolute atomic E-state index is 0.0705. The number of aromatic nitrogens is 1. The highest BCUT2D eigenvalue weighted by Gasteiger charge is 2.36. The minimum Gasteiger partial charge on any atom is -0.353 e. The van der Waals surface area contributed by atoms with Gasteiger partial charge in [0.2, 0.25) is 5.91 Å². The summed E-state index contributed by atoms with van der Waals surface area (Å²) in [5.41, 5.74) is 0.457. The standard InChI is InChI=1S/C14H21N3O2S/c1-8(2)11-12(18)15-5-6-17(11)14(19)10-7-20-13(16-10)9(3)4/h7-9,11H,5-6H2,1-4H3,(H,15,18). The van der Waals surface area contributed by atoms with Crippen LogP contribution in [0.3, 0.4) is 0 Å². The molecular formula is C14H21N3O2S. The Balaban J connectivity index is 2.23. The SMILES string of the molecule is CC(C)c1nc(C(=O)N2CCNC(=O)C2C(C)C)cs1.